The monoisotopic (exact) mass is 276 g/mol. The summed E-state index contributed by atoms with van der Waals surface area (Å²) in [6.07, 6.45) is 4.98. The lowest BCUT2D eigenvalue weighted by atomic mass is 9.95. The zero-order chi connectivity index (χ0) is 14.3. The maximum Gasteiger partial charge on any atom is 0.124 e. The molecule has 0 radical (unpaired) electrons. The summed E-state index contributed by atoms with van der Waals surface area (Å²) in [6, 6.07) is 6.94. The quantitative estimate of drug-likeness (QED) is 0.793. The molecule has 1 aromatic carbocycles. The van der Waals surface area contributed by atoms with Gasteiger partial charge < -0.3 is 15.5 Å². The Labute approximate surface area is 120 Å². The van der Waals surface area contributed by atoms with E-state index in [-0.39, 0.29) is 17.5 Å². The van der Waals surface area contributed by atoms with E-state index >= 15 is 0 Å². The van der Waals surface area contributed by atoms with Crippen LogP contribution in [0.5, 0.6) is 11.5 Å². The van der Waals surface area contributed by atoms with Crippen molar-refractivity contribution >= 4 is 0 Å². The molecule has 4 heteroatoms. The van der Waals surface area contributed by atoms with Crippen molar-refractivity contribution in [3.8, 4) is 11.5 Å². The number of rotatable bonds is 3. The molecule has 0 saturated carbocycles. The Morgan fingerprint density at radius 2 is 1.85 bits per heavy atom. The van der Waals surface area contributed by atoms with Crippen LogP contribution in [0, 0.1) is 0 Å². The van der Waals surface area contributed by atoms with E-state index in [0.717, 1.165) is 5.56 Å². The molecule has 0 amide bonds. The average Bonchev–Trinajstić information content (AvgIpc) is 2.76. The molecule has 110 valence electrons. The molecule has 0 spiro atoms. The third kappa shape index (κ3) is 2.50. The Hall–Kier alpha value is -1.26. The summed E-state index contributed by atoms with van der Waals surface area (Å²) in [4.78, 5) is 2.37. The first kappa shape index (κ1) is 13.7. The van der Waals surface area contributed by atoms with Crippen LogP contribution in [-0.2, 0) is 0 Å². The fourth-order valence-corrected chi connectivity index (χ4v) is 3.78. The van der Waals surface area contributed by atoms with Gasteiger partial charge >= 0.3 is 0 Å². The third-order valence-corrected chi connectivity index (χ3v) is 5.10. The molecule has 4 nitrogen and oxygen atoms in total. The van der Waals surface area contributed by atoms with Gasteiger partial charge in [-0.3, -0.25) is 4.90 Å². The van der Waals surface area contributed by atoms with E-state index < -0.39 is 0 Å². The van der Waals surface area contributed by atoms with Gasteiger partial charge in [0.15, 0.2) is 0 Å². The van der Waals surface area contributed by atoms with Gasteiger partial charge in [0.25, 0.3) is 0 Å². The number of hydrogen-bond acceptors (Lipinski definition) is 4. The highest BCUT2D eigenvalue weighted by molar-refractivity contribution is 5.40. The number of aromatic hydroxyl groups is 2. The minimum absolute atomic E-state index is 0.112. The van der Waals surface area contributed by atoms with Gasteiger partial charge in [-0.1, -0.05) is 6.07 Å². The van der Waals surface area contributed by atoms with E-state index in [1.54, 1.807) is 6.07 Å². The van der Waals surface area contributed by atoms with Gasteiger partial charge in [0.2, 0.25) is 0 Å². The normalized spacial score (nSPS) is 30.6. The van der Waals surface area contributed by atoms with E-state index in [1.807, 2.05) is 6.07 Å². The van der Waals surface area contributed by atoms with Crippen molar-refractivity contribution in [1.82, 2.24) is 10.2 Å². The predicted molar refractivity (Wildman–Crippen MR) is 78.9 cm³/mol. The molecular formula is C16H24N2O2. The number of nitrogens with one attached hydrogen (secondary N) is 1. The van der Waals surface area contributed by atoms with Gasteiger partial charge in [-0.25, -0.2) is 0 Å². The Bertz CT molecular complexity index is 479. The molecule has 2 saturated heterocycles. The second-order valence-corrected chi connectivity index (χ2v) is 6.35. The van der Waals surface area contributed by atoms with Crippen molar-refractivity contribution in [2.24, 2.45) is 0 Å². The van der Waals surface area contributed by atoms with Crippen LogP contribution in [0.2, 0.25) is 0 Å². The number of nitrogens with zero attached hydrogens (tertiary/aromatic N) is 1. The molecule has 2 bridgehead atoms. The summed E-state index contributed by atoms with van der Waals surface area (Å²) in [5.41, 5.74) is 0.885. The van der Waals surface area contributed by atoms with Crippen LogP contribution in [0.25, 0.3) is 0 Å². The summed E-state index contributed by atoms with van der Waals surface area (Å²) in [5.74, 6) is 0.294. The standard InChI is InChI=1S/C16H24N2O2/c1-10(15-6-5-14(19)9-16(15)20)18(2)13-7-11-3-4-12(8-13)17-11/h5-6,9-13,17,19-20H,3-4,7-8H2,1-2H3. The summed E-state index contributed by atoms with van der Waals surface area (Å²) < 4.78 is 0. The summed E-state index contributed by atoms with van der Waals surface area (Å²) in [7, 11) is 2.15. The Morgan fingerprint density at radius 1 is 1.20 bits per heavy atom. The van der Waals surface area contributed by atoms with Crippen LogP contribution in [0.1, 0.15) is 44.2 Å². The fourth-order valence-electron chi connectivity index (χ4n) is 3.78. The molecule has 3 N–H and O–H groups in total. The minimum atomic E-state index is 0.112. The Morgan fingerprint density at radius 3 is 2.45 bits per heavy atom. The van der Waals surface area contributed by atoms with Gasteiger partial charge in [0, 0.05) is 35.8 Å². The number of hydrogen-bond donors (Lipinski definition) is 3. The number of benzene rings is 1. The first-order chi connectivity index (χ1) is 9.54. The predicted octanol–water partition coefficient (Wildman–Crippen LogP) is 2.37. The van der Waals surface area contributed by atoms with Crippen LogP contribution < -0.4 is 5.32 Å². The van der Waals surface area contributed by atoms with Crippen molar-refractivity contribution in [1.29, 1.82) is 0 Å². The lowest BCUT2D eigenvalue weighted by molar-refractivity contribution is 0.131. The fraction of sp³-hybridized carbons (Fsp3) is 0.625. The van der Waals surface area contributed by atoms with Crippen molar-refractivity contribution in [2.75, 3.05) is 7.05 Å². The summed E-state index contributed by atoms with van der Waals surface area (Å²) in [5, 5.41) is 23.1. The molecule has 20 heavy (non-hydrogen) atoms. The number of fused-ring (bicyclic) bond motifs is 2. The molecule has 2 fully saturated rings. The second-order valence-electron chi connectivity index (χ2n) is 6.35. The lowest BCUT2D eigenvalue weighted by Crippen LogP contribution is -2.47. The van der Waals surface area contributed by atoms with E-state index in [4.69, 9.17) is 0 Å². The van der Waals surface area contributed by atoms with E-state index in [1.165, 1.54) is 31.7 Å². The van der Waals surface area contributed by atoms with Gasteiger partial charge in [0.1, 0.15) is 11.5 Å². The number of piperidine rings is 1. The van der Waals surface area contributed by atoms with Crippen LogP contribution in [-0.4, -0.2) is 40.3 Å². The van der Waals surface area contributed by atoms with Crippen LogP contribution in [0.15, 0.2) is 18.2 Å². The molecule has 0 aromatic heterocycles. The second kappa shape index (κ2) is 5.26. The summed E-state index contributed by atoms with van der Waals surface area (Å²) in [6.45, 7) is 2.12. The van der Waals surface area contributed by atoms with Gasteiger partial charge in [-0.15, -0.1) is 0 Å². The molecule has 0 aliphatic carbocycles. The molecular weight excluding hydrogens is 252 g/mol. The van der Waals surface area contributed by atoms with Gasteiger partial charge in [0.05, 0.1) is 0 Å². The maximum atomic E-state index is 10.0. The highest BCUT2D eigenvalue weighted by atomic mass is 16.3. The molecule has 1 aromatic rings. The zero-order valence-corrected chi connectivity index (χ0v) is 12.2. The Kier molecular flexibility index (Phi) is 3.61. The largest absolute Gasteiger partial charge is 0.508 e. The topological polar surface area (TPSA) is 55.7 Å². The third-order valence-electron chi connectivity index (χ3n) is 5.10. The SMILES string of the molecule is CC(c1ccc(O)cc1O)N(C)C1CC2CCC(C1)N2. The summed E-state index contributed by atoms with van der Waals surface area (Å²) >= 11 is 0. The molecule has 3 rings (SSSR count). The molecule has 2 heterocycles. The lowest BCUT2D eigenvalue weighted by Gasteiger charge is -2.39. The molecule has 2 aliphatic heterocycles. The highest BCUT2D eigenvalue weighted by Gasteiger charge is 2.36. The number of phenols is 2. The van der Waals surface area contributed by atoms with Crippen molar-refractivity contribution in [3.05, 3.63) is 23.8 Å². The van der Waals surface area contributed by atoms with E-state index in [2.05, 4.69) is 24.2 Å². The minimum Gasteiger partial charge on any atom is -0.508 e. The van der Waals surface area contributed by atoms with E-state index in [0.29, 0.717) is 18.1 Å². The smallest absolute Gasteiger partial charge is 0.124 e. The number of phenolic OH excluding ortho intramolecular Hbond substituents is 2. The highest BCUT2D eigenvalue weighted by Crippen LogP contribution is 2.36. The first-order valence-corrected chi connectivity index (χ1v) is 7.54. The molecule has 3 atom stereocenters. The molecule has 3 unspecified atom stereocenters. The maximum absolute atomic E-state index is 10.0. The molecule has 2 aliphatic rings. The van der Waals surface area contributed by atoms with Gasteiger partial charge in [-0.05, 0) is 45.7 Å². The Balaban J connectivity index is 1.74. The van der Waals surface area contributed by atoms with Crippen molar-refractivity contribution in [2.45, 2.75) is 56.8 Å². The van der Waals surface area contributed by atoms with Crippen molar-refractivity contribution in [3.63, 3.8) is 0 Å². The van der Waals surface area contributed by atoms with E-state index in [9.17, 15) is 10.2 Å². The van der Waals surface area contributed by atoms with Crippen LogP contribution in [0.3, 0.4) is 0 Å². The van der Waals surface area contributed by atoms with Crippen LogP contribution >= 0.6 is 0 Å². The zero-order valence-electron chi connectivity index (χ0n) is 12.2. The van der Waals surface area contributed by atoms with Crippen molar-refractivity contribution < 1.29 is 10.2 Å². The first-order valence-electron chi connectivity index (χ1n) is 7.54. The van der Waals surface area contributed by atoms with Gasteiger partial charge in [-0.2, -0.15) is 0 Å². The average molecular weight is 276 g/mol. The van der Waals surface area contributed by atoms with Crippen LogP contribution in [0.4, 0.5) is 0 Å².